The molecule has 1 atom stereocenters. The van der Waals surface area contributed by atoms with Gasteiger partial charge in [0.25, 0.3) is 0 Å². The predicted octanol–water partition coefficient (Wildman–Crippen LogP) is 4.35. The van der Waals surface area contributed by atoms with Crippen LogP contribution in [-0.4, -0.2) is 47.4 Å². The van der Waals surface area contributed by atoms with E-state index in [9.17, 15) is 9.90 Å². The lowest BCUT2D eigenvalue weighted by Gasteiger charge is -2.39. The van der Waals surface area contributed by atoms with E-state index in [1.54, 1.807) is 6.21 Å². The van der Waals surface area contributed by atoms with Gasteiger partial charge in [0.2, 0.25) is 5.91 Å². The molecule has 164 valence electrons. The van der Waals surface area contributed by atoms with Gasteiger partial charge < -0.3 is 15.3 Å². The number of hydrogen-bond donors (Lipinski definition) is 2. The van der Waals surface area contributed by atoms with Crippen molar-refractivity contribution >= 4 is 23.7 Å². The molecule has 0 saturated heterocycles. The van der Waals surface area contributed by atoms with Gasteiger partial charge in [0.1, 0.15) is 5.16 Å². The molecule has 5 nitrogen and oxygen atoms in total. The molecule has 6 heteroatoms. The van der Waals surface area contributed by atoms with E-state index in [-0.39, 0.29) is 18.5 Å². The zero-order valence-corrected chi connectivity index (χ0v) is 18.9. The van der Waals surface area contributed by atoms with Crippen molar-refractivity contribution in [1.29, 1.82) is 0 Å². The highest BCUT2D eigenvalue weighted by Crippen LogP contribution is 2.39. The molecule has 1 amide bonds. The molecule has 1 saturated carbocycles. The van der Waals surface area contributed by atoms with Crippen LogP contribution in [0, 0.1) is 0 Å². The highest BCUT2D eigenvalue weighted by molar-refractivity contribution is 6.30. The Kier molecular flexibility index (Phi) is 8.09. The van der Waals surface area contributed by atoms with Gasteiger partial charge in [-0.3, -0.25) is 4.79 Å². The molecule has 1 fully saturated rings. The van der Waals surface area contributed by atoms with E-state index in [1.807, 2.05) is 24.0 Å². The summed E-state index contributed by atoms with van der Waals surface area (Å²) in [7, 11) is 0. The van der Waals surface area contributed by atoms with E-state index in [0.717, 1.165) is 43.2 Å². The number of benzene rings is 1. The second-order valence-electron chi connectivity index (χ2n) is 8.38. The lowest BCUT2D eigenvalue weighted by atomic mass is 9.85. The van der Waals surface area contributed by atoms with Crippen molar-refractivity contribution in [3.63, 3.8) is 0 Å². The minimum absolute atomic E-state index is 0.0322. The van der Waals surface area contributed by atoms with Crippen LogP contribution in [0.3, 0.4) is 0 Å². The number of carbonyl (C=O) groups excluding carboxylic acids is 1. The van der Waals surface area contributed by atoms with Crippen molar-refractivity contribution in [2.24, 2.45) is 4.99 Å². The standard InChI is InChI=1S/C24H34ClN3O2/c1-3-19(23(25)27-4-2)22-20-11-7-6-10-18(20)12-15-28(22)21(29)16-26-17-24(30)13-8-5-9-14-24/h4,6-7,10-11,22,26,30H,3,5,8-9,12-17H2,1-2H3/b23-19+,27-4?. The fraction of sp³-hybridized carbons (Fsp3) is 0.583. The largest absolute Gasteiger partial charge is 0.389 e. The summed E-state index contributed by atoms with van der Waals surface area (Å²) in [6, 6.07) is 8.07. The third-order valence-corrected chi connectivity index (χ3v) is 6.68. The topological polar surface area (TPSA) is 64.9 Å². The SMILES string of the molecule is CC=N/C(Cl)=C(\CC)C1c2ccccc2CCN1C(=O)CNCC1(O)CCCCC1. The van der Waals surface area contributed by atoms with Gasteiger partial charge in [0.05, 0.1) is 18.2 Å². The molecule has 0 radical (unpaired) electrons. The molecule has 0 aromatic heterocycles. The van der Waals surface area contributed by atoms with E-state index in [4.69, 9.17) is 11.6 Å². The summed E-state index contributed by atoms with van der Waals surface area (Å²) < 4.78 is 0. The molecule has 0 spiro atoms. The molecule has 1 aromatic carbocycles. The lowest BCUT2D eigenvalue weighted by Crippen LogP contribution is -2.48. The van der Waals surface area contributed by atoms with Crippen LogP contribution < -0.4 is 5.32 Å². The Hall–Kier alpha value is -1.69. The third-order valence-electron chi connectivity index (χ3n) is 6.34. The van der Waals surface area contributed by atoms with Crippen molar-refractivity contribution in [1.82, 2.24) is 10.2 Å². The van der Waals surface area contributed by atoms with E-state index >= 15 is 0 Å². The number of halogens is 1. The average molecular weight is 432 g/mol. The van der Waals surface area contributed by atoms with Crippen LogP contribution in [0.25, 0.3) is 0 Å². The van der Waals surface area contributed by atoms with Crippen molar-refractivity contribution in [2.45, 2.75) is 70.4 Å². The summed E-state index contributed by atoms with van der Waals surface area (Å²) in [6.45, 7) is 5.22. The number of carbonyl (C=O) groups is 1. The van der Waals surface area contributed by atoms with E-state index in [1.165, 1.54) is 12.0 Å². The Balaban J connectivity index is 1.79. The van der Waals surface area contributed by atoms with Crippen LogP contribution in [0.2, 0.25) is 0 Å². The molecular weight excluding hydrogens is 398 g/mol. The van der Waals surface area contributed by atoms with E-state index in [2.05, 4.69) is 29.4 Å². The number of fused-ring (bicyclic) bond motifs is 1. The van der Waals surface area contributed by atoms with Gasteiger partial charge in [0, 0.05) is 19.3 Å². The Morgan fingerprint density at radius 2 is 2.07 bits per heavy atom. The van der Waals surface area contributed by atoms with Gasteiger partial charge in [-0.25, -0.2) is 4.99 Å². The van der Waals surface area contributed by atoms with Gasteiger partial charge in [-0.05, 0) is 49.3 Å². The summed E-state index contributed by atoms with van der Waals surface area (Å²) in [5.41, 5.74) is 2.66. The quantitative estimate of drug-likeness (QED) is 0.498. The van der Waals surface area contributed by atoms with Crippen LogP contribution >= 0.6 is 11.6 Å². The van der Waals surface area contributed by atoms with Gasteiger partial charge in [0.15, 0.2) is 0 Å². The summed E-state index contributed by atoms with van der Waals surface area (Å²) >= 11 is 6.54. The Morgan fingerprint density at radius 1 is 1.33 bits per heavy atom. The second kappa shape index (κ2) is 10.6. The first-order chi connectivity index (χ1) is 14.5. The van der Waals surface area contributed by atoms with Gasteiger partial charge in [-0.15, -0.1) is 0 Å². The molecule has 1 aromatic rings. The number of amides is 1. The summed E-state index contributed by atoms with van der Waals surface area (Å²) in [4.78, 5) is 19.5. The summed E-state index contributed by atoms with van der Waals surface area (Å²) in [5.74, 6) is 0.0322. The van der Waals surface area contributed by atoms with Crippen molar-refractivity contribution < 1.29 is 9.90 Å². The van der Waals surface area contributed by atoms with Crippen LogP contribution in [0.15, 0.2) is 40.0 Å². The Bertz CT molecular complexity index is 799. The van der Waals surface area contributed by atoms with Crippen molar-refractivity contribution in [3.8, 4) is 0 Å². The Labute approximate surface area is 185 Å². The van der Waals surface area contributed by atoms with E-state index in [0.29, 0.717) is 24.7 Å². The number of rotatable bonds is 7. The molecular formula is C24H34ClN3O2. The van der Waals surface area contributed by atoms with Crippen LogP contribution in [0.5, 0.6) is 0 Å². The van der Waals surface area contributed by atoms with Crippen molar-refractivity contribution in [2.75, 3.05) is 19.6 Å². The molecule has 2 aliphatic rings. The number of hydrogen-bond acceptors (Lipinski definition) is 4. The minimum Gasteiger partial charge on any atom is -0.389 e. The molecule has 30 heavy (non-hydrogen) atoms. The molecule has 1 heterocycles. The van der Waals surface area contributed by atoms with Crippen LogP contribution in [-0.2, 0) is 11.2 Å². The van der Waals surface area contributed by atoms with Gasteiger partial charge in [-0.2, -0.15) is 0 Å². The number of aliphatic imine (C=N–C) groups is 1. The zero-order chi connectivity index (χ0) is 21.6. The van der Waals surface area contributed by atoms with E-state index < -0.39 is 5.60 Å². The molecule has 2 N–H and O–H groups in total. The molecule has 3 rings (SSSR count). The molecule has 1 aliphatic carbocycles. The van der Waals surface area contributed by atoms with Crippen LogP contribution in [0.1, 0.15) is 69.5 Å². The summed E-state index contributed by atoms with van der Waals surface area (Å²) in [6.07, 6.45) is 8.13. The minimum atomic E-state index is -0.680. The summed E-state index contributed by atoms with van der Waals surface area (Å²) in [5, 5.41) is 14.4. The van der Waals surface area contributed by atoms with Gasteiger partial charge in [-0.1, -0.05) is 62.1 Å². The van der Waals surface area contributed by atoms with Crippen molar-refractivity contribution in [3.05, 3.63) is 46.1 Å². The molecule has 1 aliphatic heterocycles. The third kappa shape index (κ3) is 5.32. The maximum atomic E-state index is 13.2. The molecule has 0 bridgehead atoms. The number of aliphatic hydroxyl groups is 1. The number of nitrogens with one attached hydrogen (secondary N) is 1. The first-order valence-corrected chi connectivity index (χ1v) is 11.5. The van der Waals surface area contributed by atoms with Crippen LogP contribution in [0.4, 0.5) is 0 Å². The highest BCUT2D eigenvalue weighted by atomic mass is 35.5. The predicted molar refractivity (Wildman–Crippen MR) is 123 cm³/mol. The second-order valence-corrected chi connectivity index (χ2v) is 8.74. The monoisotopic (exact) mass is 431 g/mol. The fourth-order valence-electron chi connectivity index (χ4n) is 4.75. The average Bonchev–Trinajstić information content (AvgIpc) is 2.75. The number of nitrogens with zero attached hydrogens (tertiary/aromatic N) is 2. The first kappa shape index (κ1) is 23.0. The fourth-order valence-corrected chi connectivity index (χ4v) is 5.08. The smallest absolute Gasteiger partial charge is 0.237 e. The highest BCUT2D eigenvalue weighted by Gasteiger charge is 2.34. The maximum absolute atomic E-state index is 13.2. The molecule has 1 unspecified atom stereocenters. The normalized spacial score (nSPS) is 22.0. The Morgan fingerprint density at radius 3 is 2.77 bits per heavy atom. The maximum Gasteiger partial charge on any atom is 0.237 e. The first-order valence-electron chi connectivity index (χ1n) is 11.2. The zero-order valence-electron chi connectivity index (χ0n) is 18.2. The van der Waals surface area contributed by atoms with Gasteiger partial charge >= 0.3 is 0 Å². The lowest BCUT2D eigenvalue weighted by molar-refractivity contribution is -0.132.